The van der Waals surface area contributed by atoms with Crippen molar-refractivity contribution in [2.24, 2.45) is 0 Å². The lowest BCUT2D eigenvalue weighted by molar-refractivity contribution is 0.480. The van der Waals surface area contributed by atoms with Crippen LogP contribution in [0.2, 0.25) is 5.02 Å². The van der Waals surface area contributed by atoms with Crippen LogP contribution < -0.4 is 5.32 Å². The zero-order chi connectivity index (χ0) is 15.4. The molecule has 1 atom stereocenters. The normalized spacial score (nSPS) is 12.6. The highest BCUT2D eigenvalue weighted by Gasteiger charge is 2.21. The van der Waals surface area contributed by atoms with Crippen molar-refractivity contribution in [3.63, 3.8) is 0 Å². The Hall–Kier alpha value is -1.32. The Bertz CT molecular complexity index is 607. The molecule has 0 aromatic carbocycles. The van der Waals surface area contributed by atoms with Crippen molar-refractivity contribution >= 4 is 11.6 Å². The molecule has 2 heterocycles. The lowest BCUT2D eigenvalue weighted by Crippen LogP contribution is -2.25. The summed E-state index contributed by atoms with van der Waals surface area (Å²) in [6, 6.07) is 2.20. The molecule has 0 radical (unpaired) electrons. The summed E-state index contributed by atoms with van der Waals surface area (Å²) in [5, 5.41) is 4.34. The van der Waals surface area contributed by atoms with Crippen molar-refractivity contribution < 1.29 is 4.42 Å². The second kappa shape index (κ2) is 7.10. The number of furan rings is 1. The van der Waals surface area contributed by atoms with E-state index >= 15 is 0 Å². The summed E-state index contributed by atoms with van der Waals surface area (Å²) >= 11 is 6.26. The van der Waals surface area contributed by atoms with Crippen LogP contribution in [0.5, 0.6) is 0 Å². The Balaban J connectivity index is 2.32. The van der Waals surface area contributed by atoms with Gasteiger partial charge >= 0.3 is 0 Å². The maximum Gasteiger partial charge on any atom is 0.106 e. The number of pyridine rings is 1. The molecule has 21 heavy (non-hydrogen) atoms. The molecular formula is C17H23ClN2O. The number of rotatable bonds is 6. The van der Waals surface area contributed by atoms with Gasteiger partial charge in [0.05, 0.1) is 5.02 Å². The highest BCUT2D eigenvalue weighted by molar-refractivity contribution is 6.31. The molecule has 0 amide bonds. The predicted molar refractivity (Wildman–Crippen MR) is 86.9 cm³/mol. The van der Waals surface area contributed by atoms with E-state index < -0.39 is 0 Å². The van der Waals surface area contributed by atoms with E-state index in [4.69, 9.17) is 16.0 Å². The third-order valence-corrected chi connectivity index (χ3v) is 4.23. The van der Waals surface area contributed by atoms with Crippen LogP contribution >= 0.6 is 11.6 Å². The van der Waals surface area contributed by atoms with Crippen LogP contribution in [0.15, 0.2) is 22.9 Å². The average molecular weight is 307 g/mol. The molecule has 0 fully saturated rings. The second-order valence-corrected chi connectivity index (χ2v) is 5.84. The Morgan fingerprint density at radius 2 is 2.05 bits per heavy atom. The predicted octanol–water partition coefficient (Wildman–Crippen LogP) is 4.54. The van der Waals surface area contributed by atoms with Crippen LogP contribution in [0.25, 0.3) is 0 Å². The summed E-state index contributed by atoms with van der Waals surface area (Å²) in [5.74, 6) is 1.98. The van der Waals surface area contributed by atoms with E-state index in [0.29, 0.717) is 0 Å². The summed E-state index contributed by atoms with van der Waals surface area (Å²) in [6.45, 7) is 9.31. The fourth-order valence-corrected chi connectivity index (χ4v) is 2.90. The first-order valence-corrected chi connectivity index (χ1v) is 7.80. The molecule has 2 aromatic rings. The average Bonchev–Trinajstić information content (AvgIpc) is 2.71. The number of hydrogen-bond acceptors (Lipinski definition) is 3. The van der Waals surface area contributed by atoms with Crippen molar-refractivity contribution in [3.8, 4) is 0 Å². The van der Waals surface area contributed by atoms with Crippen molar-refractivity contribution in [1.82, 2.24) is 10.3 Å². The minimum atomic E-state index is 0.210. The van der Waals surface area contributed by atoms with Gasteiger partial charge in [0, 0.05) is 24.0 Å². The number of hydrogen-bond donors (Lipinski definition) is 1. The highest BCUT2D eigenvalue weighted by atomic mass is 35.5. The minimum Gasteiger partial charge on any atom is -0.466 e. The molecule has 3 nitrogen and oxygen atoms in total. The van der Waals surface area contributed by atoms with E-state index in [1.807, 2.05) is 19.9 Å². The van der Waals surface area contributed by atoms with Crippen molar-refractivity contribution in [1.29, 1.82) is 0 Å². The molecule has 0 aliphatic carbocycles. The zero-order valence-electron chi connectivity index (χ0n) is 13.2. The number of nitrogens with one attached hydrogen (secondary N) is 1. The number of nitrogens with zero attached hydrogens (tertiary/aromatic N) is 1. The van der Waals surface area contributed by atoms with Crippen LogP contribution in [0.3, 0.4) is 0 Å². The fraction of sp³-hybridized carbons (Fsp3) is 0.471. The number of aryl methyl sites for hydroxylation is 2. The van der Waals surface area contributed by atoms with Crippen LogP contribution in [-0.4, -0.2) is 11.5 Å². The topological polar surface area (TPSA) is 38.1 Å². The Morgan fingerprint density at radius 3 is 2.62 bits per heavy atom. The summed E-state index contributed by atoms with van der Waals surface area (Å²) in [4.78, 5) is 4.06. The maximum absolute atomic E-state index is 6.26. The summed E-state index contributed by atoms with van der Waals surface area (Å²) < 4.78 is 5.79. The van der Waals surface area contributed by atoms with Gasteiger partial charge in [0.2, 0.25) is 0 Å². The van der Waals surface area contributed by atoms with E-state index in [1.165, 1.54) is 11.1 Å². The highest BCUT2D eigenvalue weighted by Crippen LogP contribution is 2.30. The van der Waals surface area contributed by atoms with Crippen LogP contribution in [0.4, 0.5) is 0 Å². The van der Waals surface area contributed by atoms with E-state index in [9.17, 15) is 0 Å². The largest absolute Gasteiger partial charge is 0.466 e. The summed E-state index contributed by atoms with van der Waals surface area (Å²) in [7, 11) is 0. The van der Waals surface area contributed by atoms with Gasteiger partial charge in [-0.25, -0.2) is 0 Å². The smallest absolute Gasteiger partial charge is 0.106 e. The SMILES string of the molecule is CCCNC(Cc1ccncc1Cl)c1c(C)oc(C)c1C. The van der Waals surface area contributed by atoms with E-state index in [-0.39, 0.29) is 6.04 Å². The molecule has 0 bridgehead atoms. The maximum atomic E-state index is 6.26. The van der Waals surface area contributed by atoms with Crippen molar-refractivity contribution in [2.75, 3.05) is 6.54 Å². The lowest BCUT2D eigenvalue weighted by Gasteiger charge is -2.20. The van der Waals surface area contributed by atoms with Gasteiger partial charge in [0.25, 0.3) is 0 Å². The van der Waals surface area contributed by atoms with E-state index in [1.54, 1.807) is 12.4 Å². The molecule has 1 unspecified atom stereocenters. The Morgan fingerprint density at radius 1 is 1.29 bits per heavy atom. The quantitative estimate of drug-likeness (QED) is 0.851. The molecule has 0 spiro atoms. The van der Waals surface area contributed by atoms with Gasteiger partial charge < -0.3 is 9.73 Å². The first kappa shape index (κ1) is 16.1. The molecule has 4 heteroatoms. The van der Waals surface area contributed by atoms with E-state index in [2.05, 4.69) is 24.1 Å². The zero-order valence-corrected chi connectivity index (χ0v) is 13.9. The van der Waals surface area contributed by atoms with Gasteiger partial charge in [-0.3, -0.25) is 4.98 Å². The third kappa shape index (κ3) is 3.66. The second-order valence-electron chi connectivity index (χ2n) is 5.43. The van der Waals surface area contributed by atoms with Crippen LogP contribution in [0, 0.1) is 20.8 Å². The molecule has 2 rings (SSSR count). The fourth-order valence-electron chi connectivity index (χ4n) is 2.71. The molecule has 114 valence electrons. The molecule has 0 saturated heterocycles. The van der Waals surface area contributed by atoms with Gasteiger partial charge in [0.15, 0.2) is 0 Å². The number of aromatic nitrogens is 1. The van der Waals surface area contributed by atoms with Crippen LogP contribution in [0.1, 0.15) is 47.6 Å². The molecular weight excluding hydrogens is 284 g/mol. The van der Waals surface area contributed by atoms with Gasteiger partial charge in [0.1, 0.15) is 11.5 Å². The molecule has 0 aliphatic rings. The third-order valence-electron chi connectivity index (χ3n) is 3.89. The molecule has 0 saturated carbocycles. The van der Waals surface area contributed by atoms with Crippen molar-refractivity contribution in [2.45, 2.75) is 46.6 Å². The number of halogens is 1. The lowest BCUT2D eigenvalue weighted by atomic mass is 9.96. The van der Waals surface area contributed by atoms with Gasteiger partial charge in [-0.2, -0.15) is 0 Å². The first-order valence-electron chi connectivity index (χ1n) is 7.42. The molecule has 2 aromatic heterocycles. The Labute approximate surface area is 131 Å². The van der Waals surface area contributed by atoms with Gasteiger partial charge in [-0.15, -0.1) is 0 Å². The van der Waals surface area contributed by atoms with E-state index in [0.717, 1.165) is 41.5 Å². The minimum absolute atomic E-state index is 0.210. The van der Waals surface area contributed by atoms with Gasteiger partial charge in [-0.1, -0.05) is 18.5 Å². The van der Waals surface area contributed by atoms with Crippen LogP contribution in [-0.2, 0) is 6.42 Å². The standard InChI is InChI=1S/C17H23ClN2O/c1-5-7-20-16(9-14-6-8-19-10-15(14)18)17-11(2)12(3)21-13(17)4/h6,8,10,16,20H,5,7,9H2,1-4H3. The summed E-state index contributed by atoms with van der Waals surface area (Å²) in [5.41, 5.74) is 3.60. The first-order chi connectivity index (χ1) is 10.0. The monoisotopic (exact) mass is 306 g/mol. The Kier molecular flexibility index (Phi) is 5.43. The molecule has 1 N–H and O–H groups in total. The molecule has 0 aliphatic heterocycles. The van der Waals surface area contributed by atoms with Crippen molar-refractivity contribution in [3.05, 3.63) is 51.7 Å². The van der Waals surface area contributed by atoms with Gasteiger partial charge in [-0.05, 0) is 57.4 Å². The summed E-state index contributed by atoms with van der Waals surface area (Å²) in [6.07, 6.45) is 5.42.